The number of anilines is 2. The van der Waals surface area contributed by atoms with Gasteiger partial charge in [-0.15, -0.1) is 0 Å². The fraction of sp³-hybridized carbons (Fsp3) is 0.533. The number of nitrogens with one attached hydrogen (secondary N) is 2. The van der Waals surface area contributed by atoms with Crippen LogP contribution in [0.4, 0.5) is 16.2 Å². The summed E-state index contributed by atoms with van der Waals surface area (Å²) in [4.78, 5) is 14.0. The summed E-state index contributed by atoms with van der Waals surface area (Å²) in [6.07, 6.45) is 1.57. The van der Waals surface area contributed by atoms with Gasteiger partial charge in [0, 0.05) is 14.1 Å². The zero-order valence-corrected chi connectivity index (χ0v) is 13.8. The number of aliphatic hydroxyl groups excluding tert-OH is 1. The van der Waals surface area contributed by atoms with Gasteiger partial charge in [0.1, 0.15) is 0 Å². The predicted octanol–water partition coefficient (Wildman–Crippen LogP) is 3.08. The lowest BCUT2D eigenvalue weighted by Crippen LogP contribution is -2.50. The van der Waals surface area contributed by atoms with Crippen LogP contribution in [0.3, 0.4) is 0 Å². The third-order valence-corrected chi connectivity index (χ3v) is 3.55. The van der Waals surface area contributed by atoms with Crippen molar-refractivity contribution in [3.8, 4) is 0 Å². The average molecular weight is 314 g/mol. The summed E-state index contributed by atoms with van der Waals surface area (Å²) in [5.74, 6) is 0. The summed E-state index contributed by atoms with van der Waals surface area (Å²) in [6.45, 7) is 3.72. The number of aliphatic hydroxyl groups is 1. The van der Waals surface area contributed by atoms with Crippen LogP contribution in [0.1, 0.15) is 26.7 Å². The lowest BCUT2D eigenvalue weighted by molar-refractivity contribution is 0.167. The van der Waals surface area contributed by atoms with Crippen molar-refractivity contribution in [2.75, 3.05) is 30.9 Å². The summed E-state index contributed by atoms with van der Waals surface area (Å²) >= 11 is 6.16. The molecule has 1 unspecified atom stereocenters. The lowest BCUT2D eigenvalue weighted by atomic mass is 9.98. The average Bonchev–Trinajstić information content (AvgIpc) is 2.38. The molecule has 1 atom stereocenters. The summed E-state index contributed by atoms with van der Waals surface area (Å²) < 4.78 is 0. The van der Waals surface area contributed by atoms with E-state index in [1.807, 2.05) is 32.8 Å². The van der Waals surface area contributed by atoms with Gasteiger partial charge in [-0.25, -0.2) is 4.79 Å². The van der Waals surface area contributed by atoms with E-state index in [1.165, 1.54) is 0 Å². The molecule has 0 aromatic heterocycles. The molecule has 6 heteroatoms. The number of halogens is 1. The summed E-state index contributed by atoms with van der Waals surface area (Å²) in [5.41, 5.74) is 0.743. The molecule has 0 heterocycles. The molecule has 0 aliphatic heterocycles. The van der Waals surface area contributed by atoms with E-state index in [0.717, 1.165) is 12.1 Å². The van der Waals surface area contributed by atoms with Gasteiger partial charge in [0.25, 0.3) is 0 Å². The number of amides is 2. The van der Waals surface area contributed by atoms with E-state index in [4.69, 9.17) is 11.6 Å². The Balaban J connectivity index is 2.87. The fourth-order valence-corrected chi connectivity index (χ4v) is 2.57. The molecule has 0 saturated heterocycles. The van der Waals surface area contributed by atoms with Crippen molar-refractivity contribution in [1.82, 2.24) is 5.32 Å². The maximum atomic E-state index is 12.2. The normalized spacial score (nSPS) is 13.4. The van der Waals surface area contributed by atoms with Crippen LogP contribution in [0.5, 0.6) is 0 Å². The number of carbonyl (C=O) groups is 1. The number of hydrogen-bond donors (Lipinski definition) is 3. The number of para-hydroxylation sites is 1. The molecular formula is C15H24ClN3O2. The summed E-state index contributed by atoms with van der Waals surface area (Å²) in [5, 5.41) is 15.6. The first-order chi connectivity index (χ1) is 9.83. The predicted molar refractivity (Wildman–Crippen MR) is 88.3 cm³/mol. The SMILES string of the molecule is CCCC(C)(CO)NC(=O)Nc1cccc(Cl)c1N(C)C. The number of urea groups is 1. The molecule has 0 radical (unpaired) electrons. The Hall–Kier alpha value is -1.46. The lowest BCUT2D eigenvalue weighted by Gasteiger charge is -2.29. The van der Waals surface area contributed by atoms with Crippen molar-refractivity contribution < 1.29 is 9.90 Å². The Morgan fingerprint density at radius 1 is 1.43 bits per heavy atom. The molecule has 1 aromatic carbocycles. The van der Waals surface area contributed by atoms with Crippen LogP contribution in [-0.2, 0) is 0 Å². The van der Waals surface area contributed by atoms with Crippen LogP contribution < -0.4 is 15.5 Å². The van der Waals surface area contributed by atoms with Crippen LogP contribution in [-0.4, -0.2) is 37.4 Å². The molecule has 3 N–H and O–H groups in total. The Labute approximate surface area is 131 Å². The first-order valence-electron chi connectivity index (χ1n) is 6.99. The second kappa shape index (κ2) is 7.52. The van der Waals surface area contributed by atoms with E-state index in [1.54, 1.807) is 18.2 Å². The van der Waals surface area contributed by atoms with E-state index in [2.05, 4.69) is 10.6 Å². The topological polar surface area (TPSA) is 64.6 Å². The van der Waals surface area contributed by atoms with Gasteiger partial charge in [-0.05, 0) is 25.5 Å². The van der Waals surface area contributed by atoms with Gasteiger partial charge in [0.05, 0.1) is 28.5 Å². The van der Waals surface area contributed by atoms with Crippen LogP contribution in [0.25, 0.3) is 0 Å². The van der Waals surface area contributed by atoms with Crippen molar-refractivity contribution in [3.63, 3.8) is 0 Å². The highest BCUT2D eigenvalue weighted by molar-refractivity contribution is 6.34. The molecule has 1 rings (SSSR count). The van der Waals surface area contributed by atoms with Crippen molar-refractivity contribution in [2.24, 2.45) is 0 Å². The van der Waals surface area contributed by atoms with Crippen molar-refractivity contribution >= 4 is 29.0 Å². The highest BCUT2D eigenvalue weighted by Gasteiger charge is 2.25. The standard InChI is InChI=1S/C15H24ClN3O2/c1-5-9-15(2,10-20)18-14(21)17-12-8-6-7-11(16)13(12)19(3)4/h6-8,20H,5,9-10H2,1-4H3,(H2,17,18,21). The van der Waals surface area contributed by atoms with Crippen LogP contribution in [0, 0.1) is 0 Å². The first kappa shape index (κ1) is 17.6. The minimum atomic E-state index is -0.629. The van der Waals surface area contributed by atoms with E-state index < -0.39 is 5.54 Å². The summed E-state index contributed by atoms with van der Waals surface area (Å²) in [6, 6.07) is 4.99. The minimum absolute atomic E-state index is 0.107. The zero-order chi connectivity index (χ0) is 16.0. The molecule has 0 aliphatic rings. The molecular weight excluding hydrogens is 290 g/mol. The van der Waals surface area contributed by atoms with Gasteiger partial charge >= 0.3 is 6.03 Å². The van der Waals surface area contributed by atoms with E-state index in [0.29, 0.717) is 17.1 Å². The summed E-state index contributed by atoms with van der Waals surface area (Å²) in [7, 11) is 3.72. The largest absolute Gasteiger partial charge is 0.394 e. The van der Waals surface area contributed by atoms with Gasteiger partial charge in [-0.2, -0.15) is 0 Å². The van der Waals surface area contributed by atoms with Crippen molar-refractivity contribution in [1.29, 1.82) is 0 Å². The molecule has 0 aliphatic carbocycles. The Morgan fingerprint density at radius 3 is 2.62 bits per heavy atom. The number of benzene rings is 1. The monoisotopic (exact) mass is 313 g/mol. The van der Waals surface area contributed by atoms with E-state index >= 15 is 0 Å². The fourth-order valence-electron chi connectivity index (χ4n) is 2.23. The zero-order valence-electron chi connectivity index (χ0n) is 13.0. The highest BCUT2D eigenvalue weighted by atomic mass is 35.5. The number of nitrogens with zero attached hydrogens (tertiary/aromatic N) is 1. The second-order valence-corrected chi connectivity index (χ2v) is 5.99. The molecule has 2 amide bonds. The van der Waals surface area contributed by atoms with Crippen molar-refractivity contribution in [3.05, 3.63) is 23.2 Å². The Bertz CT molecular complexity index is 494. The Morgan fingerprint density at radius 2 is 2.10 bits per heavy atom. The number of hydrogen-bond acceptors (Lipinski definition) is 3. The molecule has 0 fully saturated rings. The van der Waals surface area contributed by atoms with Crippen LogP contribution >= 0.6 is 11.6 Å². The third kappa shape index (κ3) is 4.79. The van der Waals surface area contributed by atoms with E-state index in [-0.39, 0.29) is 12.6 Å². The van der Waals surface area contributed by atoms with Gasteiger partial charge in [-0.3, -0.25) is 0 Å². The van der Waals surface area contributed by atoms with Crippen molar-refractivity contribution in [2.45, 2.75) is 32.2 Å². The van der Waals surface area contributed by atoms with Gasteiger partial charge in [0.15, 0.2) is 0 Å². The molecule has 0 bridgehead atoms. The maximum Gasteiger partial charge on any atom is 0.319 e. The van der Waals surface area contributed by atoms with Crippen LogP contribution in [0.15, 0.2) is 18.2 Å². The van der Waals surface area contributed by atoms with Crippen LogP contribution in [0.2, 0.25) is 5.02 Å². The molecule has 0 saturated carbocycles. The minimum Gasteiger partial charge on any atom is -0.394 e. The quantitative estimate of drug-likeness (QED) is 0.756. The third-order valence-electron chi connectivity index (χ3n) is 3.25. The number of carbonyl (C=O) groups excluding carboxylic acids is 1. The second-order valence-electron chi connectivity index (χ2n) is 5.58. The first-order valence-corrected chi connectivity index (χ1v) is 7.36. The Kier molecular flexibility index (Phi) is 6.30. The highest BCUT2D eigenvalue weighted by Crippen LogP contribution is 2.32. The van der Waals surface area contributed by atoms with Gasteiger partial charge in [-0.1, -0.05) is 31.0 Å². The van der Waals surface area contributed by atoms with E-state index in [9.17, 15) is 9.90 Å². The number of rotatable bonds is 6. The molecule has 5 nitrogen and oxygen atoms in total. The molecule has 118 valence electrons. The molecule has 1 aromatic rings. The molecule has 0 spiro atoms. The molecule has 21 heavy (non-hydrogen) atoms. The van der Waals surface area contributed by atoms with Gasteiger partial charge < -0.3 is 20.6 Å². The smallest absolute Gasteiger partial charge is 0.319 e. The maximum absolute atomic E-state index is 12.2. The van der Waals surface area contributed by atoms with Gasteiger partial charge in [0.2, 0.25) is 0 Å².